The number of hydrogen-bond donors (Lipinski definition) is 1. The number of thioether (sulfide) groups is 1. The molecule has 1 amide bonds. The van der Waals surface area contributed by atoms with Gasteiger partial charge in [0, 0.05) is 43.8 Å². The van der Waals surface area contributed by atoms with Gasteiger partial charge in [-0.1, -0.05) is 18.2 Å². The fraction of sp³-hybridized carbons (Fsp3) is 0.250. The largest absolute Gasteiger partial charge is 0.478 e. The van der Waals surface area contributed by atoms with Gasteiger partial charge in [0.25, 0.3) is 5.91 Å². The maximum absolute atomic E-state index is 13.5. The van der Waals surface area contributed by atoms with Crippen LogP contribution < -0.4 is 0 Å². The van der Waals surface area contributed by atoms with Crippen LogP contribution in [0.4, 0.5) is 5.69 Å². The molecular weight excluding hydrogens is 488 g/mol. The first-order valence-corrected chi connectivity index (χ1v) is 13.1. The van der Waals surface area contributed by atoms with Crippen LogP contribution >= 0.6 is 11.8 Å². The normalized spacial score (nSPS) is 18.7. The highest BCUT2D eigenvalue weighted by molar-refractivity contribution is 8.18. The maximum Gasteiger partial charge on any atom is 0.335 e. The van der Waals surface area contributed by atoms with Gasteiger partial charge in [0.05, 0.1) is 29.4 Å². The summed E-state index contributed by atoms with van der Waals surface area (Å²) in [6, 6.07) is 20.2. The van der Waals surface area contributed by atoms with E-state index in [-0.39, 0.29) is 11.5 Å². The number of benzene rings is 2. The lowest BCUT2D eigenvalue weighted by molar-refractivity contribution is -0.122. The number of amides is 1. The molecule has 0 aliphatic carbocycles. The molecule has 1 N–H and O–H groups in total. The molecule has 5 rings (SSSR count). The van der Waals surface area contributed by atoms with Gasteiger partial charge in [0.1, 0.15) is 0 Å². The zero-order chi connectivity index (χ0) is 25.6. The third kappa shape index (κ3) is 6.02. The van der Waals surface area contributed by atoms with E-state index in [9.17, 15) is 14.7 Å². The van der Waals surface area contributed by atoms with Crippen molar-refractivity contribution in [3.05, 3.63) is 89.1 Å². The summed E-state index contributed by atoms with van der Waals surface area (Å²) in [6.07, 6.45) is 4.62. The number of ether oxygens (including phenoxy) is 1. The molecule has 0 atom stereocenters. The Kier molecular flexibility index (Phi) is 7.84. The minimum absolute atomic E-state index is 0.0596. The van der Waals surface area contributed by atoms with Gasteiger partial charge in [-0.05, 0) is 72.8 Å². The first kappa shape index (κ1) is 25.0. The number of amidine groups is 1. The second kappa shape index (κ2) is 11.6. The number of aliphatic imine (C=N–C) groups is 1. The number of carboxylic acid groups (broad SMARTS) is 1. The fourth-order valence-corrected chi connectivity index (χ4v) is 5.33. The van der Waals surface area contributed by atoms with Crippen molar-refractivity contribution in [2.24, 2.45) is 4.99 Å². The van der Waals surface area contributed by atoms with Crippen molar-refractivity contribution in [3.63, 3.8) is 0 Å². The van der Waals surface area contributed by atoms with E-state index in [2.05, 4.69) is 4.90 Å². The number of aromatic nitrogens is 1. The number of hydrogen-bond acceptors (Lipinski definition) is 6. The lowest BCUT2D eigenvalue weighted by Gasteiger charge is -2.27. The number of nitrogens with zero attached hydrogens (tertiary/aromatic N) is 4. The number of morpholine rings is 1. The van der Waals surface area contributed by atoms with Gasteiger partial charge in [0.15, 0.2) is 5.17 Å². The predicted octanol–water partition coefficient (Wildman–Crippen LogP) is 4.50. The standard InChI is InChI=1S/C28H28N4O4S/c33-26-25(20-24-8-4-14-31(24)23-11-9-21(10-12-23)27(34)35)37-28(29-22-6-2-1-3-7-22)32(26)15-5-13-30-16-18-36-19-17-30/h1-4,6-12,14,20H,5,13,15-19H2,(H,34,35)/b25-20-,29-28?. The zero-order valence-corrected chi connectivity index (χ0v) is 21.1. The summed E-state index contributed by atoms with van der Waals surface area (Å²) in [5.41, 5.74) is 2.68. The van der Waals surface area contributed by atoms with Crippen molar-refractivity contribution >= 4 is 40.6 Å². The molecule has 190 valence electrons. The molecule has 3 heterocycles. The minimum Gasteiger partial charge on any atom is -0.478 e. The molecular formula is C28H28N4O4S. The van der Waals surface area contributed by atoms with Crippen LogP contribution in [0.2, 0.25) is 0 Å². The van der Waals surface area contributed by atoms with E-state index in [4.69, 9.17) is 9.73 Å². The van der Waals surface area contributed by atoms with Crippen molar-refractivity contribution in [2.75, 3.05) is 39.4 Å². The lowest BCUT2D eigenvalue weighted by Crippen LogP contribution is -2.38. The summed E-state index contributed by atoms with van der Waals surface area (Å²) >= 11 is 1.38. The summed E-state index contributed by atoms with van der Waals surface area (Å²) in [5, 5.41) is 9.86. The van der Waals surface area contributed by atoms with E-state index in [0.717, 1.165) is 56.3 Å². The summed E-state index contributed by atoms with van der Waals surface area (Å²) in [5.74, 6) is -1.02. The van der Waals surface area contributed by atoms with Gasteiger partial charge in [-0.3, -0.25) is 14.6 Å². The van der Waals surface area contributed by atoms with E-state index >= 15 is 0 Å². The molecule has 2 aromatic carbocycles. The molecule has 9 heteroatoms. The highest BCUT2D eigenvalue weighted by atomic mass is 32.2. The smallest absolute Gasteiger partial charge is 0.335 e. The van der Waals surface area contributed by atoms with E-state index in [0.29, 0.717) is 16.6 Å². The highest BCUT2D eigenvalue weighted by Gasteiger charge is 2.33. The molecule has 0 radical (unpaired) electrons. The van der Waals surface area contributed by atoms with E-state index in [1.54, 1.807) is 29.2 Å². The quantitative estimate of drug-likeness (QED) is 0.444. The molecule has 2 aliphatic heterocycles. The van der Waals surface area contributed by atoms with E-state index in [1.807, 2.05) is 59.3 Å². The van der Waals surface area contributed by atoms with Crippen LogP contribution in [-0.4, -0.2) is 75.9 Å². The van der Waals surface area contributed by atoms with Gasteiger partial charge < -0.3 is 14.4 Å². The summed E-state index contributed by atoms with van der Waals surface area (Å²) < 4.78 is 7.37. The van der Waals surface area contributed by atoms with Crippen LogP contribution in [-0.2, 0) is 9.53 Å². The Morgan fingerprint density at radius 2 is 1.76 bits per heavy atom. The Morgan fingerprint density at radius 1 is 1.00 bits per heavy atom. The average Bonchev–Trinajstić information content (AvgIpc) is 3.50. The topological polar surface area (TPSA) is 87.4 Å². The molecule has 37 heavy (non-hydrogen) atoms. The third-order valence-electron chi connectivity index (χ3n) is 6.28. The first-order chi connectivity index (χ1) is 18.1. The number of carbonyl (C=O) groups is 2. The molecule has 0 saturated carbocycles. The SMILES string of the molecule is O=C(O)c1ccc(-n2cccc2/C=C2\SC(=Nc3ccccc3)N(CCCN3CCOCC3)C2=O)cc1. The van der Waals surface area contributed by atoms with Crippen molar-refractivity contribution < 1.29 is 19.4 Å². The molecule has 0 unspecified atom stereocenters. The summed E-state index contributed by atoms with van der Waals surface area (Å²) in [4.78, 5) is 34.3. The van der Waals surface area contributed by atoms with Gasteiger partial charge in [0.2, 0.25) is 0 Å². The molecule has 2 fully saturated rings. The lowest BCUT2D eigenvalue weighted by atomic mass is 10.2. The molecule has 1 aromatic heterocycles. The Morgan fingerprint density at radius 3 is 2.49 bits per heavy atom. The number of aromatic carboxylic acids is 1. The molecule has 0 bridgehead atoms. The summed E-state index contributed by atoms with van der Waals surface area (Å²) in [6.45, 7) is 4.84. The maximum atomic E-state index is 13.5. The van der Waals surface area contributed by atoms with Gasteiger partial charge in [-0.15, -0.1) is 0 Å². The number of carbonyl (C=O) groups excluding carboxylic acids is 1. The van der Waals surface area contributed by atoms with Crippen molar-refractivity contribution in [2.45, 2.75) is 6.42 Å². The summed E-state index contributed by atoms with van der Waals surface area (Å²) in [7, 11) is 0. The van der Waals surface area contributed by atoms with Crippen molar-refractivity contribution in [1.29, 1.82) is 0 Å². The molecule has 0 spiro atoms. The second-order valence-electron chi connectivity index (χ2n) is 8.76. The average molecular weight is 517 g/mol. The number of para-hydroxylation sites is 1. The van der Waals surface area contributed by atoms with E-state index < -0.39 is 5.97 Å². The highest BCUT2D eigenvalue weighted by Crippen LogP contribution is 2.34. The first-order valence-electron chi connectivity index (χ1n) is 12.2. The molecule has 3 aromatic rings. The molecule has 2 aliphatic rings. The Balaban J connectivity index is 1.38. The van der Waals surface area contributed by atoms with Gasteiger partial charge in [-0.25, -0.2) is 9.79 Å². The van der Waals surface area contributed by atoms with Gasteiger partial charge in [-0.2, -0.15) is 0 Å². The number of rotatable bonds is 8. The fourth-order valence-electron chi connectivity index (χ4n) is 4.32. The van der Waals surface area contributed by atoms with Crippen LogP contribution in [0, 0.1) is 0 Å². The zero-order valence-electron chi connectivity index (χ0n) is 20.3. The van der Waals surface area contributed by atoms with Crippen molar-refractivity contribution in [1.82, 2.24) is 14.4 Å². The Labute approximate surface area is 219 Å². The van der Waals surface area contributed by atoms with Crippen LogP contribution in [0.1, 0.15) is 22.5 Å². The van der Waals surface area contributed by atoms with Crippen LogP contribution in [0.5, 0.6) is 0 Å². The number of carboxylic acids is 1. The van der Waals surface area contributed by atoms with Crippen LogP contribution in [0.25, 0.3) is 11.8 Å². The second-order valence-corrected chi connectivity index (χ2v) is 9.77. The third-order valence-corrected chi connectivity index (χ3v) is 7.29. The minimum atomic E-state index is -0.965. The van der Waals surface area contributed by atoms with Crippen molar-refractivity contribution in [3.8, 4) is 5.69 Å². The Bertz CT molecular complexity index is 1310. The Hall–Kier alpha value is -3.66. The van der Waals surface area contributed by atoms with E-state index in [1.165, 1.54) is 11.8 Å². The monoisotopic (exact) mass is 516 g/mol. The van der Waals surface area contributed by atoms with Crippen LogP contribution in [0.15, 0.2) is 82.8 Å². The predicted molar refractivity (Wildman–Crippen MR) is 145 cm³/mol. The van der Waals surface area contributed by atoms with Crippen LogP contribution in [0.3, 0.4) is 0 Å². The molecule has 2 saturated heterocycles. The molecule has 8 nitrogen and oxygen atoms in total. The van der Waals surface area contributed by atoms with Gasteiger partial charge >= 0.3 is 5.97 Å².